The maximum Gasteiger partial charge on any atom is 0.317 e. The summed E-state index contributed by atoms with van der Waals surface area (Å²) in [4.78, 5) is 13.9. The van der Waals surface area contributed by atoms with Gasteiger partial charge in [-0.25, -0.2) is 0 Å². The number of carboxylic acids is 1. The lowest BCUT2D eigenvalue weighted by Crippen LogP contribution is -2.49. The molecule has 1 fully saturated rings. The first-order valence-electron chi connectivity index (χ1n) is 6.08. The lowest BCUT2D eigenvalue weighted by atomic mass is 9.76. The molecule has 0 spiro atoms. The van der Waals surface area contributed by atoms with Gasteiger partial charge in [-0.15, -0.1) is 0 Å². The molecule has 2 rings (SSSR count). The van der Waals surface area contributed by atoms with Crippen LogP contribution in [-0.4, -0.2) is 35.1 Å². The Morgan fingerprint density at radius 2 is 2.12 bits per heavy atom. The molecule has 2 heterocycles. The zero-order valence-electron chi connectivity index (χ0n) is 10.3. The fourth-order valence-electron chi connectivity index (χ4n) is 2.54. The molecule has 0 atom stereocenters. The van der Waals surface area contributed by atoms with E-state index in [0.29, 0.717) is 24.6 Å². The summed E-state index contributed by atoms with van der Waals surface area (Å²) in [5, 5.41) is 9.51. The molecular weight excluding hydrogens is 218 g/mol. The number of piperidine rings is 1. The maximum absolute atomic E-state index is 11.6. The predicted molar refractivity (Wildman–Crippen MR) is 64.0 cm³/mol. The van der Waals surface area contributed by atoms with Crippen LogP contribution in [0.4, 0.5) is 0 Å². The van der Waals surface area contributed by atoms with Gasteiger partial charge in [0, 0.05) is 6.04 Å². The standard InChI is InChI=1S/C13H19NO3/c1-10(2)14-7-5-13(6-8-14,12(15)16)11-4-3-9-17-11/h3-4,9-10H,5-8H2,1-2H3,(H,15,16). The molecule has 4 heteroatoms. The molecule has 1 aromatic rings. The van der Waals surface area contributed by atoms with Gasteiger partial charge >= 0.3 is 5.97 Å². The highest BCUT2D eigenvalue weighted by Gasteiger charge is 2.45. The molecule has 0 amide bonds. The van der Waals surface area contributed by atoms with Gasteiger partial charge in [0.1, 0.15) is 11.2 Å². The van der Waals surface area contributed by atoms with Crippen LogP contribution >= 0.6 is 0 Å². The minimum Gasteiger partial charge on any atom is -0.480 e. The molecule has 94 valence electrons. The molecule has 1 N–H and O–H groups in total. The molecule has 4 nitrogen and oxygen atoms in total. The number of carbonyl (C=O) groups is 1. The van der Waals surface area contributed by atoms with Gasteiger partial charge in [-0.05, 0) is 51.9 Å². The van der Waals surface area contributed by atoms with Crippen LogP contribution in [-0.2, 0) is 10.2 Å². The van der Waals surface area contributed by atoms with Crippen LogP contribution in [0, 0.1) is 0 Å². The average Bonchev–Trinajstić information content (AvgIpc) is 2.82. The average molecular weight is 237 g/mol. The zero-order chi connectivity index (χ0) is 12.5. The van der Waals surface area contributed by atoms with Gasteiger partial charge in [0.15, 0.2) is 0 Å². The van der Waals surface area contributed by atoms with Crippen LogP contribution in [0.5, 0.6) is 0 Å². The van der Waals surface area contributed by atoms with Gasteiger partial charge < -0.3 is 14.4 Å². The van der Waals surface area contributed by atoms with Crippen LogP contribution in [0.25, 0.3) is 0 Å². The molecule has 1 aliphatic heterocycles. The van der Waals surface area contributed by atoms with Crippen molar-refractivity contribution in [2.24, 2.45) is 0 Å². The van der Waals surface area contributed by atoms with E-state index >= 15 is 0 Å². The topological polar surface area (TPSA) is 53.7 Å². The number of carboxylic acid groups (broad SMARTS) is 1. The van der Waals surface area contributed by atoms with Crippen molar-refractivity contribution in [3.8, 4) is 0 Å². The molecule has 0 unspecified atom stereocenters. The van der Waals surface area contributed by atoms with Gasteiger partial charge in [0.2, 0.25) is 0 Å². The molecule has 17 heavy (non-hydrogen) atoms. The van der Waals surface area contributed by atoms with E-state index in [-0.39, 0.29) is 0 Å². The molecule has 1 saturated heterocycles. The second-order valence-corrected chi connectivity index (χ2v) is 4.99. The van der Waals surface area contributed by atoms with Crippen molar-refractivity contribution in [1.29, 1.82) is 0 Å². The highest BCUT2D eigenvalue weighted by atomic mass is 16.4. The number of furan rings is 1. The van der Waals surface area contributed by atoms with Crippen molar-refractivity contribution >= 4 is 5.97 Å². The summed E-state index contributed by atoms with van der Waals surface area (Å²) in [5.41, 5.74) is -0.825. The van der Waals surface area contributed by atoms with Crippen LogP contribution < -0.4 is 0 Å². The van der Waals surface area contributed by atoms with Crippen LogP contribution in [0.1, 0.15) is 32.4 Å². The molecule has 1 aliphatic rings. The highest BCUT2D eigenvalue weighted by Crippen LogP contribution is 2.36. The van der Waals surface area contributed by atoms with Crippen molar-refractivity contribution in [3.63, 3.8) is 0 Å². The van der Waals surface area contributed by atoms with Crippen molar-refractivity contribution in [2.45, 2.75) is 38.1 Å². The maximum atomic E-state index is 11.6. The monoisotopic (exact) mass is 237 g/mol. The van der Waals surface area contributed by atoms with Gasteiger partial charge in [0.05, 0.1) is 6.26 Å². The van der Waals surface area contributed by atoms with E-state index in [1.807, 2.05) is 0 Å². The first kappa shape index (κ1) is 12.2. The number of hydrogen-bond acceptors (Lipinski definition) is 3. The number of aliphatic carboxylic acids is 1. The Morgan fingerprint density at radius 1 is 1.47 bits per heavy atom. The number of rotatable bonds is 3. The number of hydrogen-bond donors (Lipinski definition) is 1. The Labute approximate surface area is 101 Å². The largest absolute Gasteiger partial charge is 0.480 e. The second kappa shape index (κ2) is 4.53. The first-order valence-corrected chi connectivity index (χ1v) is 6.08. The zero-order valence-corrected chi connectivity index (χ0v) is 10.3. The van der Waals surface area contributed by atoms with E-state index < -0.39 is 11.4 Å². The molecule has 1 aromatic heterocycles. The van der Waals surface area contributed by atoms with E-state index in [4.69, 9.17) is 4.42 Å². The van der Waals surface area contributed by atoms with E-state index in [0.717, 1.165) is 13.1 Å². The minimum atomic E-state index is -0.825. The minimum absolute atomic E-state index is 0.471. The summed E-state index contributed by atoms with van der Waals surface area (Å²) in [5.74, 6) is -0.177. The molecular formula is C13H19NO3. The van der Waals surface area contributed by atoms with E-state index in [1.165, 1.54) is 0 Å². The van der Waals surface area contributed by atoms with Gasteiger partial charge in [-0.3, -0.25) is 4.79 Å². The Kier molecular flexibility index (Phi) is 3.24. The van der Waals surface area contributed by atoms with Gasteiger partial charge in [-0.1, -0.05) is 0 Å². The predicted octanol–water partition coefficient (Wildman–Crippen LogP) is 2.11. The summed E-state index contributed by atoms with van der Waals surface area (Å²) in [6.07, 6.45) is 2.79. The SMILES string of the molecule is CC(C)N1CCC(C(=O)O)(c2ccco2)CC1. The first-order chi connectivity index (χ1) is 8.06. The van der Waals surface area contributed by atoms with Crippen LogP contribution in [0.15, 0.2) is 22.8 Å². The molecule has 0 saturated carbocycles. The van der Waals surface area contributed by atoms with E-state index in [9.17, 15) is 9.90 Å². The highest BCUT2D eigenvalue weighted by molar-refractivity contribution is 5.80. The summed E-state index contributed by atoms with van der Waals surface area (Å²) < 4.78 is 5.33. The fourth-order valence-corrected chi connectivity index (χ4v) is 2.54. The Balaban J connectivity index is 2.20. The summed E-state index contributed by atoms with van der Waals surface area (Å²) in [6, 6.07) is 4.01. The molecule has 0 radical (unpaired) electrons. The van der Waals surface area contributed by atoms with Gasteiger partial charge in [0.25, 0.3) is 0 Å². The van der Waals surface area contributed by atoms with Crippen molar-refractivity contribution in [2.75, 3.05) is 13.1 Å². The van der Waals surface area contributed by atoms with E-state index in [1.54, 1.807) is 18.4 Å². The van der Waals surface area contributed by atoms with Crippen molar-refractivity contribution < 1.29 is 14.3 Å². The Bertz CT molecular complexity index is 375. The Hall–Kier alpha value is -1.29. The molecule has 0 aliphatic carbocycles. The third-order valence-electron chi connectivity index (χ3n) is 3.78. The normalized spacial score (nSPS) is 20.6. The lowest BCUT2D eigenvalue weighted by molar-refractivity contribution is -0.147. The Morgan fingerprint density at radius 3 is 2.53 bits per heavy atom. The third-order valence-corrected chi connectivity index (χ3v) is 3.78. The van der Waals surface area contributed by atoms with Gasteiger partial charge in [-0.2, -0.15) is 0 Å². The fraction of sp³-hybridized carbons (Fsp3) is 0.615. The summed E-state index contributed by atoms with van der Waals surface area (Å²) >= 11 is 0. The third kappa shape index (κ3) is 2.09. The summed E-state index contributed by atoms with van der Waals surface area (Å²) in [6.45, 7) is 5.90. The van der Waals surface area contributed by atoms with E-state index in [2.05, 4.69) is 18.7 Å². The van der Waals surface area contributed by atoms with Crippen molar-refractivity contribution in [1.82, 2.24) is 4.90 Å². The second-order valence-electron chi connectivity index (χ2n) is 4.99. The summed E-state index contributed by atoms with van der Waals surface area (Å²) in [7, 11) is 0. The molecule has 0 bridgehead atoms. The smallest absolute Gasteiger partial charge is 0.317 e. The van der Waals surface area contributed by atoms with Crippen molar-refractivity contribution in [3.05, 3.63) is 24.2 Å². The number of likely N-dealkylation sites (tertiary alicyclic amines) is 1. The molecule has 0 aromatic carbocycles. The van der Waals surface area contributed by atoms with Crippen LogP contribution in [0.2, 0.25) is 0 Å². The lowest BCUT2D eigenvalue weighted by Gasteiger charge is -2.39. The quantitative estimate of drug-likeness (QED) is 0.874. The number of nitrogens with zero attached hydrogens (tertiary/aromatic N) is 1. The van der Waals surface area contributed by atoms with Crippen LogP contribution in [0.3, 0.4) is 0 Å².